The van der Waals surface area contributed by atoms with E-state index in [1.54, 1.807) is 0 Å². The maximum absolute atomic E-state index is 5.86. The van der Waals surface area contributed by atoms with Gasteiger partial charge in [-0.2, -0.15) is 0 Å². The molecule has 2 atom stereocenters. The van der Waals surface area contributed by atoms with Crippen molar-refractivity contribution < 1.29 is 0 Å². The molecule has 0 bridgehead atoms. The Bertz CT molecular complexity index is 428. The van der Waals surface area contributed by atoms with Crippen LogP contribution in [0.5, 0.6) is 0 Å². The topological polar surface area (TPSA) is 36.4 Å². The van der Waals surface area contributed by atoms with Crippen molar-refractivity contribution in [3.63, 3.8) is 0 Å². The first-order valence-electron chi connectivity index (χ1n) is 6.90. The van der Waals surface area contributed by atoms with Gasteiger partial charge in [-0.05, 0) is 42.9 Å². The van der Waals surface area contributed by atoms with Crippen LogP contribution in [0.3, 0.4) is 0 Å². The summed E-state index contributed by atoms with van der Waals surface area (Å²) in [4.78, 5) is 4.24. The molecule has 0 radical (unpaired) electrons. The van der Waals surface area contributed by atoms with Crippen LogP contribution in [0.1, 0.15) is 25.3 Å². The molecule has 1 aromatic rings. The van der Waals surface area contributed by atoms with Gasteiger partial charge in [0, 0.05) is 24.7 Å². The van der Waals surface area contributed by atoms with E-state index in [0.29, 0.717) is 6.04 Å². The van der Waals surface area contributed by atoms with E-state index in [9.17, 15) is 0 Å². The van der Waals surface area contributed by atoms with Gasteiger partial charge in [-0.25, -0.2) is 0 Å². The van der Waals surface area contributed by atoms with Gasteiger partial charge in [0.1, 0.15) is 0 Å². The molecule has 3 nitrogen and oxygen atoms in total. The Hall–Kier alpha value is -1.22. The maximum atomic E-state index is 5.86. The summed E-state index contributed by atoms with van der Waals surface area (Å²) in [6.07, 6.45) is 3.40. The van der Waals surface area contributed by atoms with E-state index in [1.165, 1.54) is 12.0 Å². The summed E-state index contributed by atoms with van der Waals surface area (Å²) in [5.41, 5.74) is 1.32. The van der Waals surface area contributed by atoms with E-state index in [0.717, 1.165) is 36.3 Å². The zero-order valence-corrected chi connectivity index (χ0v) is 12.4. The number of nitrogens with one attached hydrogen (secondary N) is 2. The van der Waals surface area contributed by atoms with Crippen molar-refractivity contribution in [2.24, 2.45) is 10.9 Å². The minimum Gasteiger partial charge on any atom is -0.356 e. The van der Waals surface area contributed by atoms with E-state index >= 15 is 0 Å². The number of nitrogens with zero attached hydrogens (tertiary/aromatic N) is 1. The van der Waals surface area contributed by atoms with Gasteiger partial charge in [-0.3, -0.25) is 4.99 Å². The molecule has 1 fully saturated rings. The van der Waals surface area contributed by atoms with Crippen molar-refractivity contribution in [1.29, 1.82) is 0 Å². The number of aliphatic imine (C=N–C) groups is 1. The predicted molar refractivity (Wildman–Crippen MR) is 81.8 cm³/mol. The van der Waals surface area contributed by atoms with Crippen molar-refractivity contribution >= 4 is 17.6 Å². The van der Waals surface area contributed by atoms with Crippen molar-refractivity contribution in [2.75, 3.05) is 13.6 Å². The van der Waals surface area contributed by atoms with E-state index < -0.39 is 0 Å². The first-order valence-corrected chi connectivity index (χ1v) is 7.28. The molecule has 0 aromatic heterocycles. The van der Waals surface area contributed by atoms with E-state index in [4.69, 9.17) is 11.6 Å². The standard InChI is InChI=1S/C15H22ClN3/c1-11-10-14(11)19-15(17-2)18-9-3-4-12-5-7-13(16)8-6-12/h5-8,11,14H,3-4,9-10H2,1-2H3,(H2,17,18,19). The van der Waals surface area contributed by atoms with Gasteiger partial charge in [0.05, 0.1) is 0 Å². The highest BCUT2D eigenvalue weighted by atomic mass is 35.5. The van der Waals surface area contributed by atoms with Crippen molar-refractivity contribution in [3.05, 3.63) is 34.9 Å². The molecule has 0 amide bonds. The van der Waals surface area contributed by atoms with E-state index in [-0.39, 0.29) is 0 Å². The number of halogens is 1. The Morgan fingerprint density at radius 3 is 2.63 bits per heavy atom. The number of hydrogen-bond donors (Lipinski definition) is 2. The summed E-state index contributed by atoms with van der Waals surface area (Å²) in [6, 6.07) is 8.67. The lowest BCUT2D eigenvalue weighted by molar-refractivity contribution is 0.726. The van der Waals surface area contributed by atoms with Crippen molar-refractivity contribution in [2.45, 2.75) is 32.2 Å². The maximum Gasteiger partial charge on any atom is 0.191 e. The van der Waals surface area contributed by atoms with Gasteiger partial charge in [-0.1, -0.05) is 30.7 Å². The summed E-state index contributed by atoms with van der Waals surface area (Å²) in [7, 11) is 1.82. The second-order valence-electron chi connectivity index (χ2n) is 5.19. The average Bonchev–Trinajstić information content (AvgIpc) is 3.11. The number of hydrogen-bond acceptors (Lipinski definition) is 1. The minimum atomic E-state index is 0.613. The lowest BCUT2D eigenvalue weighted by Gasteiger charge is -2.11. The predicted octanol–water partition coefficient (Wildman–Crippen LogP) is 2.85. The molecule has 0 heterocycles. The zero-order chi connectivity index (χ0) is 13.7. The molecule has 1 aromatic carbocycles. The summed E-state index contributed by atoms with van der Waals surface area (Å²) in [6.45, 7) is 3.19. The fourth-order valence-electron chi connectivity index (χ4n) is 2.04. The molecule has 1 aliphatic carbocycles. The largest absolute Gasteiger partial charge is 0.356 e. The van der Waals surface area contributed by atoms with Crippen LogP contribution in [0.15, 0.2) is 29.3 Å². The van der Waals surface area contributed by atoms with Crippen LogP contribution < -0.4 is 10.6 Å². The molecule has 2 N–H and O–H groups in total. The van der Waals surface area contributed by atoms with Gasteiger partial charge < -0.3 is 10.6 Å². The van der Waals surface area contributed by atoms with Gasteiger partial charge in [0.15, 0.2) is 5.96 Å². The number of rotatable bonds is 5. The smallest absolute Gasteiger partial charge is 0.191 e. The van der Waals surface area contributed by atoms with Crippen LogP contribution in [0.25, 0.3) is 0 Å². The van der Waals surface area contributed by atoms with Crippen molar-refractivity contribution in [3.8, 4) is 0 Å². The highest BCUT2D eigenvalue weighted by Crippen LogP contribution is 2.28. The Morgan fingerprint density at radius 1 is 1.37 bits per heavy atom. The third-order valence-corrected chi connectivity index (χ3v) is 3.76. The third kappa shape index (κ3) is 4.75. The second-order valence-corrected chi connectivity index (χ2v) is 5.63. The van der Waals surface area contributed by atoms with Crippen LogP contribution in [-0.2, 0) is 6.42 Å². The first-order chi connectivity index (χ1) is 9.19. The molecule has 19 heavy (non-hydrogen) atoms. The average molecular weight is 280 g/mol. The Morgan fingerprint density at radius 2 is 2.05 bits per heavy atom. The number of guanidine groups is 1. The molecule has 4 heteroatoms. The van der Waals surface area contributed by atoms with E-state index in [2.05, 4.69) is 34.7 Å². The molecule has 2 unspecified atom stereocenters. The van der Waals surface area contributed by atoms with Crippen LogP contribution >= 0.6 is 11.6 Å². The Kier molecular flexibility index (Phi) is 5.08. The molecular formula is C15H22ClN3. The van der Waals surface area contributed by atoms with Gasteiger partial charge in [0.2, 0.25) is 0 Å². The number of aryl methyl sites for hydroxylation is 1. The molecule has 0 spiro atoms. The summed E-state index contributed by atoms with van der Waals surface area (Å²) >= 11 is 5.86. The Labute approximate surface area is 120 Å². The van der Waals surface area contributed by atoms with Gasteiger partial charge >= 0.3 is 0 Å². The molecule has 0 aliphatic heterocycles. The molecule has 2 rings (SSSR count). The molecule has 1 saturated carbocycles. The quantitative estimate of drug-likeness (QED) is 0.494. The monoisotopic (exact) mass is 279 g/mol. The molecular weight excluding hydrogens is 258 g/mol. The lowest BCUT2D eigenvalue weighted by atomic mass is 10.1. The SMILES string of the molecule is CN=C(NCCCc1ccc(Cl)cc1)NC1CC1C. The van der Waals surface area contributed by atoms with Crippen LogP contribution in [-0.4, -0.2) is 25.6 Å². The van der Waals surface area contributed by atoms with Crippen LogP contribution in [0.2, 0.25) is 5.02 Å². The highest BCUT2D eigenvalue weighted by Gasteiger charge is 2.32. The summed E-state index contributed by atoms with van der Waals surface area (Å²) in [5, 5.41) is 7.57. The number of benzene rings is 1. The second kappa shape index (κ2) is 6.80. The zero-order valence-electron chi connectivity index (χ0n) is 11.6. The Balaban J connectivity index is 1.64. The van der Waals surface area contributed by atoms with E-state index in [1.807, 2.05) is 19.2 Å². The summed E-state index contributed by atoms with van der Waals surface area (Å²) < 4.78 is 0. The molecule has 0 saturated heterocycles. The van der Waals surface area contributed by atoms with Gasteiger partial charge in [-0.15, -0.1) is 0 Å². The minimum absolute atomic E-state index is 0.613. The third-order valence-electron chi connectivity index (χ3n) is 3.50. The molecule has 104 valence electrons. The first kappa shape index (κ1) is 14.2. The van der Waals surface area contributed by atoms with Gasteiger partial charge in [0.25, 0.3) is 0 Å². The fourth-order valence-corrected chi connectivity index (χ4v) is 2.17. The molecule has 1 aliphatic rings. The van der Waals surface area contributed by atoms with Crippen LogP contribution in [0.4, 0.5) is 0 Å². The fraction of sp³-hybridized carbons (Fsp3) is 0.533. The van der Waals surface area contributed by atoms with Crippen molar-refractivity contribution in [1.82, 2.24) is 10.6 Å². The normalized spacial score (nSPS) is 22.2. The lowest BCUT2D eigenvalue weighted by Crippen LogP contribution is -2.39. The van der Waals surface area contributed by atoms with Crippen LogP contribution in [0, 0.1) is 5.92 Å². The summed E-state index contributed by atoms with van der Waals surface area (Å²) in [5.74, 6) is 1.71. The highest BCUT2D eigenvalue weighted by molar-refractivity contribution is 6.30.